The number of piperidine rings is 1. The zero-order valence-corrected chi connectivity index (χ0v) is 6.34. The molecular weight excluding hydrogens is 126 g/mol. The fraction of sp³-hybridized carbons (Fsp3) is 0.625. The lowest BCUT2D eigenvalue weighted by Gasteiger charge is -2.27. The molecular formula is C8H13NO. The van der Waals surface area contributed by atoms with E-state index in [1.807, 2.05) is 6.92 Å². The second-order valence-electron chi connectivity index (χ2n) is 2.76. The van der Waals surface area contributed by atoms with Gasteiger partial charge < -0.3 is 4.90 Å². The average Bonchev–Trinajstić information content (AvgIpc) is 1.95. The van der Waals surface area contributed by atoms with Crippen molar-refractivity contribution in [1.29, 1.82) is 0 Å². The average molecular weight is 139 g/mol. The monoisotopic (exact) mass is 139 g/mol. The van der Waals surface area contributed by atoms with Crippen LogP contribution in [0.4, 0.5) is 0 Å². The van der Waals surface area contributed by atoms with Gasteiger partial charge in [-0.15, -0.1) is 0 Å². The minimum atomic E-state index is 0.201. The molecule has 0 spiro atoms. The van der Waals surface area contributed by atoms with Crippen LogP contribution in [-0.2, 0) is 4.79 Å². The third kappa shape index (κ3) is 1.20. The molecule has 2 nitrogen and oxygen atoms in total. The molecule has 1 amide bonds. The molecule has 10 heavy (non-hydrogen) atoms. The second kappa shape index (κ2) is 2.86. The first-order valence-electron chi connectivity index (χ1n) is 3.68. The lowest BCUT2D eigenvalue weighted by atomic mass is 10.00. The number of carbonyl (C=O) groups is 1. The topological polar surface area (TPSA) is 20.3 Å². The molecule has 1 aliphatic heterocycles. The summed E-state index contributed by atoms with van der Waals surface area (Å²) in [5.74, 6) is 0.424. The molecule has 0 aliphatic carbocycles. The van der Waals surface area contributed by atoms with Crippen LogP contribution in [0.3, 0.4) is 0 Å². The molecule has 2 heteroatoms. The van der Waals surface area contributed by atoms with E-state index in [9.17, 15) is 4.79 Å². The van der Waals surface area contributed by atoms with E-state index in [2.05, 4.69) is 6.58 Å². The Kier molecular flexibility index (Phi) is 2.10. The summed E-state index contributed by atoms with van der Waals surface area (Å²) in [6.45, 7) is 6.40. The molecule has 0 bridgehead atoms. The second-order valence-corrected chi connectivity index (χ2v) is 2.76. The van der Waals surface area contributed by atoms with Gasteiger partial charge in [0.1, 0.15) is 0 Å². The quantitative estimate of drug-likeness (QED) is 0.537. The first-order chi connectivity index (χ1) is 4.75. The maximum atomic E-state index is 11.2. The van der Waals surface area contributed by atoms with Crippen LogP contribution in [0.2, 0.25) is 0 Å². The molecule has 56 valence electrons. The van der Waals surface area contributed by atoms with Gasteiger partial charge in [-0.2, -0.15) is 0 Å². The zero-order chi connectivity index (χ0) is 7.56. The molecule has 1 unspecified atom stereocenters. The van der Waals surface area contributed by atoms with Gasteiger partial charge in [0.2, 0.25) is 5.91 Å². The number of rotatable bonds is 1. The summed E-state index contributed by atoms with van der Waals surface area (Å²) in [5.41, 5.74) is 0. The van der Waals surface area contributed by atoms with E-state index >= 15 is 0 Å². The van der Waals surface area contributed by atoms with Crippen LogP contribution in [0.5, 0.6) is 0 Å². The molecule has 1 atom stereocenters. The van der Waals surface area contributed by atoms with E-state index in [0.29, 0.717) is 0 Å². The largest absolute Gasteiger partial charge is 0.319 e. The standard InChI is InChI=1S/C8H13NO/c1-3-9-6-4-5-7(2)8(9)10/h3,7H,1,4-6H2,2H3. The van der Waals surface area contributed by atoms with Crippen LogP contribution >= 0.6 is 0 Å². The highest BCUT2D eigenvalue weighted by Crippen LogP contribution is 2.16. The zero-order valence-electron chi connectivity index (χ0n) is 6.34. The normalized spacial score (nSPS) is 26.7. The highest BCUT2D eigenvalue weighted by atomic mass is 16.2. The van der Waals surface area contributed by atoms with E-state index in [0.717, 1.165) is 19.4 Å². The fourth-order valence-electron chi connectivity index (χ4n) is 1.27. The Hall–Kier alpha value is -0.790. The van der Waals surface area contributed by atoms with Gasteiger partial charge in [-0.3, -0.25) is 4.79 Å². The SMILES string of the molecule is C=CN1CCCC(C)C1=O. The predicted octanol–water partition coefficient (Wildman–Crippen LogP) is 1.39. The van der Waals surface area contributed by atoms with Crippen molar-refractivity contribution < 1.29 is 4.79 Å². The summed E-state index contributed by atoms with van der Waals surface area (Å²) < 4.78 is 0. The first kappa shape index (κ1) is 7.32. The maximum absolute atomic E-state index is 11.2. The summed E-state index contributed by atoms with van der Waals surface area (Å²) in [6.07, 6.45) is 3.76. The molecule has 1 aliphatic rings. The van der Waals surface area contributed by atoms with Gasteiger partial charge in [-0.1, -0.05) is 13.5 Å². The predicted molar refractivity (Wildman–Crippen MR) is 40.3 cm³/mol. The van der Waals surface area contributed by atoms with Gasteiger partial charge in [0.05, 0.1) is 0 Å². The lowest BCUT2D eigenvalue weighted by molar-refractivity contribution is -0.134. The van der Waals surface area contributed by atoms with Crippen molar-refractivity contribution in [3.8, 4) is 0 Å². The number of carbonyl (C=O) groups excluding carboxylic acids is 1. The van der Waals surface area contributed by atoms with Crippen molar-refractivity contribution in [3.05, 3.63) is 12.8 Å². The van der Waals surface area contributed by atoms with Crippen LogP contribution in [-0.4, -0.2) is 17.4 Å². The number of nitrogens with zero attached hydrogens (tertiary/aromatic N) is 1. The molecule has 1 saturated heterocycles. The van der Waals surface area contributed by atoms with Crippen molar-refractivity contribution in [2.75, 3.05) is 6.54 Å². The third-order valence-electron chi connectivity index (χ3n) is 1.96. The van der Waals surface area contributed by atoms with Crippen LogP contribution in [0.1, 0.15) is 19.8 Å². The minimum Gasteiger partial charge on any atom is -0.319 e. The summed E-state index contributed by atoms with van der Waals surface area (Å²) in [4.78, 5) is 12.9. The van der Waals surface area contributed by atoms with Crippen LogP contribution in [0.25, 0.3) is 0 Å². The van der Waals surface area contributed by atoms with Crippen molar-refractivity contribution in [2.24, 2.45) is 5.92 Å². The molecule has 0 aromatic carbocycles. The summed E-state index contributed by atoms with van der Waals surface area (Å²) in [7, 11) is 0. The van der Waals surface area contributed by atoms with Gasteiger partial charge in [0, 0.05) is 12.5 Å². The van der Waals surface area contributed by atoms with Crippen molar-refractivity contribution >= 4 is 5.91 Å². The molecule has 0 N–H and O–H groups in total. The van der Waals surface area contributed by atoms with E-state index < -0.39 is 0 Å². The number of hydrogen-bond donors (Lipinski definition) is 0. The Labute approximate surface area is 61.5 Å². The van der Waals surface area contributed by atoms with Crippen LogP contribution < -0.4 is 0 Å². The summed E-state index contributed by atoms with van der Waals surface area (Å²) in [5, 5.41) is 0. The molecule has 1 rings (SSSR count). The van der Waals surface area contributed by atoms with Crippen molar-refractivity contribution in [3.63, 3.8) is 0 Å². The fourth-order valence-corrected chi connectivity index (χ4v) is 1.27. The Morgan fingerprint density at radius 1 is 1.80 bits per heavy atom. The molecule has 0 aromatic rings. The molecule has 0 saturated carbocycles. The number of amides is 1. The van der Waals surface area contributed by atoms with E-state index in [1.54, 1.807) is 11.1 Å². The lowest BCUT2D eigenvalue weighted by Crippen LogP contribution is -2.35. The first-order valence-corrected chi connectivity index (χ1v) is 3.68. The van der Waals surface area contributed by atoms with Crippen molar-refractivity contribution in [2.45, 2.75) is 19.8 Å². The van der Waals surface area contributed by atoms with Crippen LogP contribution in [0, 0.1) is 5.92 Å². The molecule has 0 radical (unpaired) electrons. The van der Waals surface area contributed by atoms with Gasteiger partial charge in [-0.05, 0) is 19.0 Å². The Morgan fingerprint density at radius 3 is 3.00 bits per heavy atom. The van der Waals surface area contributed by atoms with Gasteiger partial charge in [-0.25, -0.2) is 0 Å². The maximum Gasteiger partial charge on any atom is 0.229 e. The summed E-state index contributed by atoms with van der Waals surface area (Å²) in [6, 6.07) is 0. The molecule has 1 fully saturated rings. The van der Waals surface area contributed by atoms with Crippen LogP contribution in [0.15, 0.2) is 12.8 Å². The highest BCUT2D eigenvalue weighted by molar-refractivity contribution is 5.80. The molecule has 0 aromatic heterocycles. The third-order valence-corrected chi connectivity index (χ3v) is 1.96. The van der Waals surface area contributed by atoms with E-state index in [-0.39, 0.29) is 11.8 Å². The van der Waals surface area contributed by atoms with E-state index in [4.69, 9.17) is 0 Å². The van der Waals surface area contributed by atoms with Gasteiger partial charge in [0.15, 0.2) is 0 Å². The van der Waals surface area contributed by atoms with E-state index in [1.165, 1.54) is 0 Å². The Balaban J connectivity index is 2.59. The Bertz CT molecular complexity index is 153. The Morgan fingerprint density at radius 2 is 2.50 bits per heavy atom. The highest BCUT2D eigenvalue weighted by Gasteiger charge is 2.22. The molecule has 1 heterocycles. The number of likely N-dealkylation sites (tertiary alicyclic amines) is 1. The minimum absolute atomic E-state index is 0.201. The van der Waals surface area contributed by atoms with Gasteiger partial charge >= 0.3 is 0 Å². The summed E-state index contributed by atoms with van der Waals surface area (Å²) >= 11 is 0. The smallest absolute Gasteiger partial charge is 0.229 e. The van der Waals surface area contributed by atoms with Crippen molar-refractivity contribution in [1.82, 2.24) is 4.90 Å². The number of hydrogen-bond acceptors (Lipinski definition) is 1. The van der Waals surface area contributed by atoms with Gasteiger partial charge in [0.25, 0.3) is 0 Å².